The van der Waals surface area contributed by atoms with Crippen molar-refractivity contribution >= 4 is 17.5 Å². The maximum Gasteiger partial charge on any atom is 0.320 e. The van der Waals surface area contributed by atoms with Crippen molar-refractivity contribution in [1.29, 1.82) is 0 Å². The Hall–Kier alpha value is -2.13. The average molecular weight is 411 g/mol. The second-order valence-corrected chi connectivity index (χ2v) is 10.1. The number of esters is 1. The minimum atomic E-state index is -1.00. The van der Waals surface area contributed by atoms with Gasteiger partial charge in [-0.05, 0) is 67.8 Å². The third-order valence-electron chi connectivity index (χ3n) is 9.33. The molecule has 2 N–H and O–H groups in total. The van der Waals surface area contributed by atoms with Gasteiger partial charge in [0.15, 0.2) is 17.2 Å². The Morgan fingerprint density at radius 1 is 1.30 bits per heavy atom. The fraction of sp³-hybridized carbons (Fsp3) is 0.708. The number of fused-ring (bicyclic) bond motifs is 2. The molecule has 0 saturated heterocycles. The van der Waals surface area contributed by atoms with Crippen molar-refractivity contribution in [3.63, 3.8) is 0 Å². The minimum Gasteiger partial charge on any atom is -0.460 e. The first-order chi connectivity index (χ1) is 14.3. The molecule has 2 spiro atoms. The molecule has 6 aliphatic rings. The van der Waals surface area contributed by atoms with Gasteiger partial charge in [0, 0.05) is 0 Å². The first-order valence-corrected chi connectivity index (χ1v) is 11.1. The number of hydrogen-bond acceptors (Lipinski definition) is 6. The predicted molar refractivity (Wildman–Crippen MR) is 108 cm³/mol. The van der Waals surface area contributed by atoms with Crippen LogP contribution in [-0.4, -0.2) is 35.8 Å². The zero-order valence-electron chi connectivity index (χ0n) is 17.4. The van der Waals surface area contributed by atoms with Crippen molar-refractivity contribution in [3.05, 3.63) is 12.2 Å². The summed E-state index contributed by atoms with van der Waals surface area (Å²) >= 11 is 0. The first kappa shape index (κ1) is 19.8. The van der Waals surface area contributed by atoms with E-state index in [1.54, 1.807) is 0 Å². The van der Waals surface area contributed by atoms with Gasteiger partial charge in [0.05, 0.1) is 17.4 Å². The lowest BCUT2D eigenvalue weighted by Gasteiger charge is -2.61. The van der Waals surface area contributed by atoms with Crippen LogP contribution in [0.15, 0.2) is 12.2 Å². The summed E-state index contributed by atoms with van der Waals surface area (Å²) in [7, 11) is 0. The van der Waals surface area contributed by atoms with E-state index >= 15 is 0 Å². The number of allylic oxidation sites excluding steroid dienone is 1. The van der Waals surface area contributed by atoms with E-state index in [0.717, 1.165) is 19.3 Å². The van der Waals surface area contributed by atoms with Gasteiger partial charge in [0.2, 0.25) is 0 Å². The quantitative estimate of drug-likeness (QED) is 0.434. The molecular weight excluding hydrogens is 382 g/mol. The molecule has 6 fully saturated rings. The summed E-state index contributed by atoms with van der Waals surface area (Å²) in [4.78, 5) is 39.6. The number of carbonyl (C=O) groups is 3. The highest BCUT2D eigenvalue weighted by molar-refractivity contribution is 6.14. The normalized spacial score (nSPS) is 48.6. The Kier molecular flexibility index (Phi) is 4.09. The second kappa shape index (κ2) is 6.20. The molecule has 8 unspecified atom stereocenters. The number of Topliss-reactive ketones (excluding diaryl/α,β-unsaturated/α-hetero) is 2. The second-order valence-electron chi connectivity index (χ2n) is 10.1. The number of carbonyl (C=O) groups excluding carboxylic acids is 3. The van der Waals surface area contributed by atoms with E-state index in [2.05, 4.69) is 19.6 Å². The van der Waals surface area contributed by atoms with E-state index in [9.17, 15) is 14.4 Å². The molecule has 0 amide bonds. The predicted octanol–water partition coefficient (Wildman–Crippen LogP) is 2.15. The third kappa shape index (κ3) is 1.98. The maximum atomic E-state index is 13.7. The summed E-state index contributed by atoms with van der Waals surface area (Å²) in [6.45, 7) is 6.01. The summed E-state index contributed by atoms with van der Waals surface area (Å²) in [5.41, 5.74) is 3.46. The largest absolute Gasteiger partial charge is 0.460 e. The molecule has 6 nitrogen and oxygen atoms in total. The van der Waals surface area contributed by atoms with Crippen LogP contribution in [0.2, 0.25) is 0 Å². The van der Waals surface area contributed by atoms with Crippen LogP contribution >= 0.6 is 0 Å². The lowest BCUT2D eigenvalue weighted by atomic mass is 9.41. The average Bonchev–Trinajstić information content (AvgIpc) is 3.28. The van der Waals surface area contributed by atoms with Crippen LogP contribution in [0.5, 0.6) is 0 Å². The van der Waals surface area contributed by atoms with Crippen molar-refractivity contribution in [1.82, 2.24) is 0 Å². The number of nitrogens with two attached hydrogens (primary N) is 1. The van der Waals surface area contributed by atoms with Gasteiger partial charge in [-0.25, -0.2) is 0 Å². The molecule has 0 radical (unpaired) electrons. The number of hydrogen-bond donors (Lipinski definition) is 1. The minimum absolute atomic E-state index is 0.0348. The van der Waals surface area contributed by atoms with Crippen LogP contribution in [0.4, 0.5) is 0 Å². The Bertz CT molecular complexity index is 904. The summed E-state index contributed by atoms with van der Waals surface area (Å²) in [5.74, 6) is -0.448. The summed E-state index contributed by atoms with van der Waals surface area (Å²) in [5, 5.41) is 0. The van der Waals surface area contributed by atoms with Crippen molar-refractivity contribution in [2.75, 3.05) is 6.54 Å². The van der Waals surface area contributed by atoms with Gasteiger partial charge in [-0.15, -0.1) is 0 Å². The van der Waals surface area contributed by atoms with Gasteiger partial charge in [-0.2, -0.15) is 0 Å². The van der Waals surface area contributed by atoms with E-state index in [4.69, 9.17) is 21.6 Å². The Morgan fingerprint density at radius 3 is 2.77 bits per heavy atom. The van der Waals surface area contributed by atoms with Gasteiger partial charge in [-0.1, -0.05) is 26.3 Å². The summed E-state index contributed by atoms with van der Waals surface area (Å²) in [6, 6.07) is 0. The molecule has 8 atom stereocenters. The molecular formula is C24H29NO5. The molecule has 6 saturated carbocycles. The summed E-state index contributed by atoms with van der Waals surface area (Å²) in [6.07, 6.45) is 12.3. The van der Waals surface area contributed by atoms with Crippen LogP contribution in [0, 0.1) is 47.0 Å². The maximum absolute atomic E-state index is 13.7. The molecule has 0 heterocycles. The van der Waals surface area contributed by atoms with Gasteiger partial charge in [0.25, 0.3) is 0 Å². The van der Waals surface area contributed by atoms with E-state index in [-0.39, 0.29) is 41.8 Å². The molecule has 6 aliphatic carbocycles. The van der Waals surface area contributed by atoms with Gasteiger partial charge in [0.1, 0.15) is 12.2 Å². The number of ether oxygens (including phenoxy) is 2. The molecule has 0 aromatic rings. The highest BCUT2D eigenvalue weighted by Crippen LogP contribution is 2.79. The molecule has 0 aromatic carbocycles. The van der Waals surface area contributed by atoms with E-state index < -0.39 is 28.5 Å². The molecule has 0 aliphatic heterocycles. The monoisotopic (exact) mass is 411 g/mol. The third-order valence-corrected chi connectivity index (χ3v) is 9.33. The van der Waals surface area contributed by atoms with E-state index in [1.165, 1.54) is 0 Å². The van der Waals surface area contributed by atoms with Crippen LogP contribution < -0.4 is 5.73 Å². The summed E-state index contributed by atoms with van der Waals surface area (Å²) < 4.78 is 11.7. The molecule has 2 bridgehead atoms. The van der Waals surface area contributed by atoms with Crippen LogP contribution in [0.25, 0.3) is 0 Å². The van der Waals surface area contributed by atoms with Gasteiger partial charge >= 0.3 is 5.97 Å². The Labute approximate surface area is 176 Å². The zero-order chi connectivity index (χ0) is 21.5. The van der Waals surface area contributed by atoms with Crippen LogP contribution in [0.3, 0.4) is 0 Å². The molecule has 6 heteroatoms. The number of ketones is 2. The molecule has 160 valence electrons. The van der Waals surface area contributed by atoms with Gasteiger partial charge < -0.3 is 15.2 Å². The van der Waals surface area contributed by atoms with Crippen molar-refractivity contribution in [3.8, 4) is 12.5 Å². The first-order valence-electron chi connectivity index (χ1n) is 11.1. The zero-order valence-corrected chi connectivity index (χ0v) is 17.4. The molecule has 0 aromatic heterocycles. The standard InChI is InChI=1S/C24H29NO5/c1-4-29-23-8-5-6-13(2)16-11-18(30-19(26)12-25)22-9-7-15(14(3)20(22)27)10-17(22)24(16,23)21(23)28/h1,13,15-18H,3,5-12,25H2,2H3. The Morgan fingerprint density at radius 2 is 2.07 bits per heavy atom. The lowest BCUT2D eigenvalue weighted by molar-refractivity contribution is -0.201. The highest BCUT2D eigenvalue weighted by atomic mass is 16.5. The number of rotatable bonds is 3. The van der Waals surface area contributed by atoms with Gasteiger partial charge in [-0.3, -0.25) is 14.4 Å². The van der Waals surface area contributed by atoms with E-state index in [0.29, 0.717) is 31.3 Å². The molecule has 6 rings (SSSR count). The fourth-order valence-corrected chi connectivity index (χ4v) is 8.15. The highest BCUT2D eigenvalue weighted by Gasteiger charge is 2.90. The van der Waals surface area contributed by atoms with Crippen molar-refractivity contribution < 1.29 is 23.9 Å². The molecule has 30 heavy (non-hydrogen) atoms. The smallest absolute Gasteiger partial charge is 0.320 e. The lowest BCUT2D eigenvalue weighted by Crippen LogP contribution is -2.66. The van der Waals surface area contributed by atoms with E-state index in [1.807, 2.05) is 0 Å². The SMILES string of the molecule is C#COC12CCCC(C)C3CC(OC(=O)CN)C45CCC(CC4C31C2=O)C(=C)C5=O. The van der Waals surface area contributed by atoms with Crippen molar-refractivity contribution in [2.24, 2.45) is 40.2 Å². The topological polar surface area (TPSA) is 95.7 Å². The fourth-order valence-electron chi connectivity index (χ4n) is 8.15. The van der Waals surface area contributed by atoms with Crippen molar-refractivity contribution in [2.45, 2.75) is 63.6 Å². The van der Waals surface area contributed by atoms with Crippen LogP contribution in [0.1, 0.15) is 51.9 Å². The Balaban J connectivity index is 1.70. The van der Waals surface area contributed by atoms with Crippen LogP contribution in [-0.2, 0) is 23.9 Å². The number of terminal acetylenes is 1.